The average Bonchev–Trinajstić information content (AvgIpc) is 3.17. The van der Waals surface area contributed by atoms with Gasteiger partial charge in [-0.15, -0.1) is 10.2 Å². The summed E-state index contributed by atoms with van der Waals surface area (Å²) < 4.78 is 30.2. The molecule has 0 aliphatic heterocycles. The Morgan fingerprint density at radius 1 is 1.15 bits per heavy atom. The minimum atomic E-state index is -2.89. The molecule has 7 nitrogen and oxygen atoms in total. The number of alkyl halides is 2. The number of rotatable bonds is 8. The first-order valence-corrected chi connectivity index (χ1v) is 11.7. The monoisotopic (exact) mass is 473 g/mol. The second-order valence-electron chi connectivity index (χ2n) is 7.89. The van der Waals surface area contributed by atoms with Gasteiger partial charge in [-0.1, -0.05) is 30.0 Å². The first-order chi connectivity index (χ1) is 15.9. The number of nitrogen functional groups attached to an aromatic ring is 1. The highest BCUT2D eigenvalue weighted by atomic mass is 32.2. The Bertz CT molecular complexity index is 1120. The van der Waals surface area contributed by atoms with Gasteiger partial charge in [0.1, 0.15) is 5.75 Å². The molecule has 2 aromatic carbocycles. The van der Waals surface area contributed by atoms with Crippen LogP contribution in [0.1, 0.15) is 42.5 Å². The molecule has 1 aliphatic rings. The third-order valence-corrected chi connectivity index (χ3v) is 6.53. The number of hydrogen-bond acceptors (Lipinski definition) is 6. The molecule has 0 bridgehead atoms. The zero-order valence-corrected chi connectivity index (χ0v) is 18.9. The Morgan fingerprint density at radius 2 is 1.88 bits per heavy atom. The number of nitrogens with zero attached hydrogens (tertiary/aromatic N) is 3. The van der Waals surface area contributed by atoms with E-state index in [1.54, 1.807) is 12.1 Å². The number of carbonyl (C=O) groups excluding carboxylic acids is 1. The molecule has 1 amide bonds. The fourth-order valence-corrected chi connectivity index (χ4v) is 4.54. The summed E-state index contributed by atoms with van der Waals surface area (Å²) in [6.45, 7) is -0.920. The quantitative estimate of drug-likeness (QED) is 0.378. The Morgan fingerprint density at radius 3 is 2.61 bits per heavy atom. The zero-order valence-electron chi connectivity index (χ0n) is 18.1. The third-order valence-electron chi connectivity index (χ3n) is 5.58. The molecular weight excluding hydrogens is 448 g/mol. The molecule has 0 spiro atoms. The molecule has 33 heavy (non-hydrogen) atoms. The summed E-state index contributed by atoms with van der Waals surface area (Å²) in [4.78, 5) is 12.5. The molecule has 10 heteroatoms. The highest BCUT2D eigenvalue weighted by molar-refractivity contribution is 7.99. The maximum Gasteiger partial charge on any atom is 0.387 e. The SMILES string of the molecule is CC(NC(=O)CSc1nnc(-c2ccc(OC(F)F)cc2)n1N)c1ccc2c(c1)CCCC2. The number of aryl methyl sites for hydroxylation is 2. The van der Waals surface area contributed by atoms with Crippen LogP contribution in [0.5, 0.6) is 5.75 Å². The lowest BCUT2D eigenvalue weighted by Crippen LogP contribution is -2.28. The molecule has 3 aromatic rings. The maximum atomic E-state index is 12.5. The molecule has 1 atom stereocenters. The highest BCUT2D eigenvalue weighted by Gasteiger charge is 2.17. The first-order valence-electron chi connectivity index (χ1n) is 10.7. The van der Waals surface area contributed by atoms with Gasteiger partial charge in [0.25, 0.3) is 0 Å². The molecule has 4 rings (SSSR count). The molecular formula is C23H25F2N5O2S. The Kier molecular flexibility index (Phi) is 7.12. The highest BCUT2D eigenvalue weighted by Crippen LogP contribution is 2.26. The van der Waals surface area contributed by atoms with Gasteiger partial charge in [-0.05, 0) is 73.6 Å². The second-order valence-corrected chi connectivity index (χ2v) is 8.83. The summed E-state index contributed by atoms with van der Waals surface area (Å²) in [7, 11) is 0. The van der Waals surface area contributed by atoms with Gasteiger partial charge in [0.2, 0.25) is 11.1 Å². The lowest BCUT2D eigenvalue weighted by atomic mass is 9.89. The normalized spacial score (nSPS) is 14.1. The summed E-state index contributed by atoms with van der Waals surface area (Å²) >= 11 is 1.17. The van der Waals surface area contributed by atoms with Gasteiger partial charge in [0, 0.05) is 5.56 Å². The van der Waals surface area contributed by atoms with Crippen molar-refractivity contribution in [1.29, 1.82) is 0 Å². The van der Waals surface area contributed by atoms with Crippen molar-refractivity contribution >= 4 is 17.7 Å². The van der Waals surface area contributed by atoms with E-state index in [1.807, 2.05) is 6.92 Å². The van der Waals surface area contributed by atoms with Crippen LogP contribution < -0.4 is 15.9 Å². The smallest absolute Gasteiger partial charge is 0.387 e. The van der Waals surface area contributed by atoms with Crippen LogP contribution >= 0.6 is 11.8 Å². The van der Waals surface area contributed by atoms with E-state index in [-0.39, 0.29) is 23.5 Å². The molecule has 3 N–H and O–H groups in total. The predicted molar refractivity (Wildman–Crippen MR) is 123 cm³/mol. The van der Waals surface area contributed by atoms with Crippen LogP contribution in [0.15, 0.2) is 47.6 Å². The number of fused-ring (bicyclic) bond motifs is 1. The fourth-order valence-electron chi connectivity index (χ4n) is 3.88. The summed E-state index contributed by atoms with van der Waals surface area (Å²) in [6, 6.07) is 12.3. The molecule has 174 valence electrons. The van der Waals surface area contributed by atoms with E-state index >= 15 is 0 Å². The number of amides is 1. The number of thioether (sulfide) groups is 1. The number of nitrogens with one attached hydrogen (secondary N) is 1. The number of benzene rings is 2. The third kappa shape index (κ3) is 5.62. The number of ether oxygens (including phenoxy) is 1. The average molecular weight is 474 g/mol. The molecule has 1 aromatic heterocycles. The van der Waals surface area contributed by atoms with Gasteiger partial charge in [0.05, 0.1) is 11.8 Å². The summed E-state index contributed by atoms with van der Waals surface area (Å²) in [6.07, 6.45) is 4.67. The first kappa shape index (κ1) is 23.0. The van der Waals surface area contributed by atoms with Crippen molar-refractivity contribution in [3.05, 3.63) is 59.2 Å². The Balaban J connectivity index is 1.33. The van der Waals surface area contributed by atoms with Gasteiger partial charge < -0.3 is 15.9 Å². The van der Waals surface area contributed by atoms with E-state index in [9.17, 15) is 13.6 Å². The van der Waals surface area contributed by atoms with Gasteiger partial charge in [-0.2, -0.15) is 8.78 Å². The van der Waals surface area contributed by atoms with Crippen LogP contribution in [0.4, 0.5) is 8.78 Å². The van der Waals surface area contributed by atoms with Gasteiger partial charge in [-0.3, -0.25) is 4.79 Å². The van der Waals surface area contributed by atoms with E-state index < -0.39 is 6.61 Å². The van der Waals surface area contributed by atoms with Gasteiger partial charge in [-0.25, -0.2) is 4.68 Å². The van der Waals surface area contributed by atoms with Gasteiger partial charge in [0.15, 0.2) is 5.82 Å². The zero-order chi connectivity index (χ0) is 23.4. The number of nitrogens with two attached hydrogens (primary N) is 1. The van der Waals surface area contributed by atoms with E-state index in [4.69, 9.17) is 5.84 Å². The van der Waals surface area contributed by atoms with Gasteiger partial charge >= 0.3 is 6.61 Å². The minimum Gasteiger partial charge on any atom is -0.435 e. The van der Waals surface area contributed by atoms with Crippen LogP contribution in [0.2, 0.25) is 0 Å². The van der Waals surface area contributed by atoms with Crippen molar-refractivity contribution in [3.8, 4) is 17.1 Å². The Labute approximate surface area is 194 Å². The van der Waals surface area contributed by atoms with E-state index in [0.717, 1.165) is 18.4 Å². The largest absolute Gasteiger partial charge is 0.435 e. The lowest BCUT2D eigenvalue weighted by Gasteiger charge is -2.20. The molecule has 0 saturated heterocycles. The topological polar surface area (TPSA) is 95.1 Å². The minimum absolute atomic E-state index is 0.0381. The van der Waals surface area contributed by atoms with Crippen molar-refractivity contribution in [2.75, 3.05) is 11.6 Å². The van der Waals surface area contributed by atoms with Crippen LogP contribution in [-0.2, 0) is 17.6 Å². The van der Waals surface area contributed by atoms with Crippen LogP contribution in [0.25, 0.3) is 11.4 Å². The Hall–Kier alpha value is -3.14. The van der Waals surface area contributed by atoms with Crippen molar-refractivity contribution < 1.29 is 18.3 Å². The van der Waals surface area contributed by atoms with Crippen LogP contribution in [0.3, 0.4) is 0 Å². The summed E-state index contributed by atoms with van der Waals surface area (Å²) in [5.41, 5.74) is 4.47. The second kappa shape index (κ2) is 10.2. The summed E-state index contributed by atoms with van der Waals surface area (Å²) in [5, 5.41) is 11.5. The lowest BCUT2D eigenvalue weighted by molar-refractivity contribution is -0.119. The fraction of sp³-hybridized carbons (Fsp3) is 0.348. The predicted octanol–water partition coefficient (Wildman–Crippen LogP) is 4.11. The number of hydrogen-bond donors (Lipinski definition) is 2. The number of carbonyl (C=O) groups is 1. The van der Waals surface area contributed by atoms with E-state index in [1.165, 1.54) is 52.5 Å². The number of aromatic nitrogens is 3. The standard InChI is InChI=1S/C23H25F2N5O2S/c1-14(17-7-6-15-4-2-3-5-18(15)12-17)27-20(31)13-33-23-29-28-21(30(23)26)16-8-10-19(11-9-16)32-22(24)25/h6-12,14,22H,2-5,13,26H2,1H3,(H,27,31). The maximum absolute atomic E-state index is 12.5. The molecule has 0 radical (unpaired) electrons. The van der Waals surface area contributed by atoms with Crippen molar-refractivity contribution in [1.82, 2.24) is 20.2 Å². The van der Waals surface area contributed by atoms with Crippen molar-refractivity contribution in [2.24, 2.45) is 0 Å². The van der Waals surface area contributed by atoms with E-state index in [0.29, 0.717) is 16.5 Å². The molecule has 0 fully saturated rings. The summed E-state index contributed by atoms with van der Waals surface area (Å²) in [5.74, 6) is 6.47. The van der Waals surface area contributed by atoms with Crippen LogP contribution in [0, 0.1) is 0 Å². The van der Waals surface area contributed by atoms with Crippen LogP contribution in [-0.4, -0.2) is 33.1 Å². The van der Waals surface area contributed by atoms with Crippen molar-refractivity contribution in [2.45, 2.75) is 50.4 Å². The molecule has 1 unspecified atom stereocenters. The molecule has 0 saturated carbocycles. The van der Waals surface area contributed by atoms with Crippen molar-refractivity contribution in [3.63, 3.8) is 0 Å². The molecule has 1 aliphatic carbocycles. The number of halogens is 2. The van der Waals surface area contributed by atoms with E-state index in [2.05, 4.69) is 38.5 Å². The molecule has 1 heterocycles.